The first-order valence-corrected chi connectivity index (χ1v) is 7.51. The van der Waals surface area contributed by atoms with Gasteiger partial charge in [0.05, 0.1) is 4.92 Å². The van der Waals surface area contributed by atoms with Gasteiger partial charge in [-0.15, -0.1) is 0 Å². The summed E-state index contributed by atoms with van der Waals surface area (Å²) in [5, 5.41) is 18.9. The van der Waals surface area contributed by atoms with E-state index in [1.807, 2.05) is 6.92 Å². The molecule has 1 saturated carbocycles. The Morgan fingerprint density at radius 1 is 1.40 bits per heavy atom. The fraction of sp³-hybridized carbons (Fsp3) is 0.786. The molecule has 0 aromatic carbocycles. The van der Waals surface area contributed by atoms with Crippen LogP contribution in [0.1, 0.15) is 51.6 Å². The molecule has 1 aromatic heterocycles. The summed E-state index contributed by atoms with van der Waals surface area (Å²) in [4.78, 5) is 10.9. The molecule has 1 heterocycles. The Kier molecular flexibility index (Phi) is 4.62. The second-order valence-electron chi connectivity index (χ2n) is 5.81. The summed E-state index contributed by atoms with van der Waals surface area (Å²) in [6, 6.07) is 0.319. The maximum absolute atomic E-state index is 11.2. The van der Waals surface area contributed by atoms with E-state index < -0.39 is 0 Å². The van der Waals surface area contributed by atoms with E-state index in [2.05, 4.69) is 17.3 Å². The molecule has 1 aliphatic carbocycles. The second-order valence-corrected chi connectivity index (χ2v) is 5.81. The first kappa shape index (κ1) is 14.8. The molecule has 0 amide bonds. The number of aromatic nitrogens is 2. The number of anilines is 1. The number of nitrogens with one attached hydrogen (secondary N) is 1. The van der Waals surface area contributed by atoms with Gasteiger partial charge in [0.1, 0.15) is 5.69 Å². The van der Waals surface area contributed by atoms with Crippen molar-refractivity contribution in [3.05, 3.63) is 15.8 Å². The standard InChI is InChI=1S/C14H24N4O2/c1-4-17-14(13(18(19)20)11(3)16-17)15-12-7-5-6-10(2)8-9-12/h10,12,15H,4-9H2,1-3H3. The van der Waals surface area contributed by atoms with Gasteiger partial charge < -0.3 is 5.32 Å². The van der Waals surface area contributed by atoms with Gasteiger partial charge in [0, 0.05) is 12.6 Å². The van der Waals surface area contributed by atoms with Crippen LogP contribution < -0.4 is 5.32 Å². The van der Waals surface area contributed by atoms with Crippen LogP contribution in [-0.2, 0) is 6.54 Å². The van der Waals surface area contributed by atoms with Gasteiger partial charge in [-0.2, -0.15) is 5.10 Å². The van der Waals surface area contributed by atoms with Crippen LogP contribution >= 0.6 is 0 Å². The Morgan fingerprint density at radius 2 is 2.15 bits per heavy atom. The van der Waals surface area contributed by atoms with Gasteiger partial charge in [-0.1, -0.05) is 19.8 Å². The molecular formula is C14H24N4O2. The first-order chi connectivity index (χ1) is 9.52. The molecule has 0 saturated heterocycles. The highest BCUT2D eigenvalue weighted by atomic mass is 16.6. The fourth-order valence-electron chi connectivity index (χ4n) is 2.99. The van der Waals surface area contributed by atoms with Crippen LogP contribution in [0.2, 0.25) is 0 Å². The monoisotopic (exact) mass is 280 g/mol. The summed E-state index contributed by atoms with van der Waals surface area (Å²) in [5.74, 6) is 1.34. The minimum Gasteiger partial charge on any atom is -0.362 e. The Hall–Kier alpha value is -1.59. The molecule has 6 nitrogen and oxygen atoms in total. The third-order valence-electron chi connectivity index (χ3n) is 4.18. The molecule has 0 spiro atoms. The van der Waals surface area contributed by atoms with Crippen molar-refractivity contribution in [3.8, 4) is 0 Å². The summed E-state index contributed by atoms with van der Waals surface area (Å²) >= 11 is 0. The van der Waals surface area contributed by atoms with Crippen LogP contribution in [0.15, 0.2) is 0 Å². The summed E-state index contributed by atoms with van der Waals surface area (Å²) in [6.45, 7) is 6.58. The van der Waals surface area contributed by atoms with Crippen LogP contribution in [0.3, 0.4) is 0 Å². The lowest BCUT2D eigenvalue weighted by Gasteiger charge is -2.17. The van der Waals surface area contributed by atoms with E-state index in [1.165, 1.54) is 19.3 Å². The van der Waals surface area contributed by atoms with Crippen LogP contribution in [0.5, 0.6) is 0 Å². The topological polar surface area (TPSA) is 73.0 Å². The van der Waals surface area contributed by atoms with Crippen molar-refractivity contribution in [2.75, 3.05) is 5.32 Å². The van der Waals surface area contributed by atoms with Crippen LogP contribution in [0, 0.1) is 23.0 Å². The zero-order valence-electron chi connectivity index (χ0n) is 12.6. The quantitative estimate of drug-likeness (QED) is 0.520. The zero-order chi connectivity index (χ0) is 14.7. The van der Waals surface area contributed by atoms with Crippen molar-refractivity contribution >= 4 is 11.5 Å². The molecule has 6 heteroatoms. The number of hydrogen-bond donors (Lipinski definition) is 1. The lowest BCUT2D eigenvalue weighted by Crippen LogP contribution is -2.21. The van der Waals surface area contributed by atoms with E-state index in [1.54, 1.807) is 11.6 Å². The molecule has 0 aliphatic heterocycles. The van der Waals surface area contributed by atoms with Gasteiger partial charge in [-0.25, -0.2) is 4.68 Å². The fourth-order valence-corrected chi connectivity index (χ4v) is 2.99. The summed E-state index contributed by atoms with van der Waals surface area (Å²) in [6.07, 6.45) is 5.78. The predicted molar refractivity (Wildman–Crippen MR) is 79.0 cm³/mol. The van der Waals surface area contributed by atoms with Gasteiger partial charge in [0.25, 0.3) is 0 Å². The van der Waals surface area contributed by atoms with Crippen molar-refractivity contribution in [2.45, 2.75) is 65.5 Å². The van der Waals surface area contributed by atoms with Gasteiger partial charge in [-0.3, -0.25) is 10.1 Å². The maximum atomic E-state index is 11.2. The highest BCUT2D eigenvalue weighted by Crippen LogP contribution is 2.31. The molecule has 20 heavy (non-hydrogen) atoms. The van der Waals surface area contributed by atoms with Gasteiger partial charge in [-0.05, 0) is 39.0 Å². The molecule has 2 rings (SSSR count). The Balaban J connectivity index is 2.21. The maximum Gasteiger partial charge on any atom is 0.333 e. The van der Waals surface area contributed by atoms with E-state index in [4.69, 9.17) is 0 Å². The van der Waals surface area contributed by atoms with Gasteiger partial charge >= 0.3 is 5.69 Å². The molecule has 2 unspecified atom stereocenters. The smallest absolute Gasteiger partial charge is 0.333 e. The van der Waals surface area contributed by atoms with Crippen molar-refractivity contribution in [3.63, 3.8) is 0 Å². The van der Waals surface area contributed by atoms with Crippen molar-refractivity contribution in [2.24, 2.45) is 5.92 Å². The average molecular weight is 280 g/mol. The van der Waals surface area contributed by atoms with E-state index in [-0.39, 0.29) is 10.6 Å². The number of hydrogen-bond acceptors (Lipinski definition) is 4. The van der Waals surface area contributed by atoms with Crippen LogP contribution in [0.4, 0.5) is 11.5 Å². The highest BCUT2D eigenvalue weighted by molar-refractivity contribution is 5.60. The lowest BCUT2D eigenvalue weighted by atomic mass is 10.0. The first-order valence-electron chi connectivity index (χ1n) is 7.51. The molecule has 1 aromatic rings. The predicted octanol–water partition coefficient (Wildman–Crippen LogP) is 3.50. The normalized spacial score (nSPS) is 23.4. The lowest BCUT2D eigenvalue weighted by molar-refractivity contribution is -0.384. The second kappa shape index (κ2) is 6.24. The minimum atomic E-state index is -0.323. The Labute approximate surface area is 119 Å². The number of rotatable bonds is 4. The minimum absolute atomic E-state index is 0.129. The van der Waals surface area contributed by atoms with E-state index >= 15 is 0 Å². The molecular weight excluding hydrogens is 256 g/mol. The summed E-state index contributed by atoms with van der Waals surface area (Å²) in [7, 11) is 0. The Bertz CT molecular complexity index is 484. The van der Waals surface area contributed by atoms with E-state index in [9.17, 15) is 10.1 Å². The molecule has 112 valence electrons. The van der Waals surface area contributed by atoms with Crippen molar-refractivity contribution in [1.29, 1.82) is 0 Å². The third kappa shape index (κ3) is 3.11. The van der Waals surface area contributed by atoms with Gasteiger partial charge in [0.2, 0.25) is 5.82 Å². The molecule has 2 atom stereocenters. The molecule has 1 N–H and O–H groups in total. The van der Waals surface area contributed by atoms with Crippen molar-refractivity contribution < 1.29 is 4.92 Å². The highest BCUT2D eigenvalue weighted by Gasteiger charge is 2.27. The molecule has 1 aliphatic rings. The number of nitrogens with zero attached hydrogens (tertiary/aromatic N) is 3. The summed E-state index contributed by atoms with van der Waals surface area (Å²) < 4.78 is 1.71. The molecule has 0 bridgehead atoms. The average Bonchev–Trinajstić information content (AvgIpc) is 2.56. The van der Waals surface area contributed by atoms with Crippen molar-refractivity contribution in [1.82, 2.24) is 9.78 Å². The largest absolute Gasteiger partial charge is 0.362 e. The zero-order valence-corrected chi connectivity index (χ0v) is 12.6. The third-order valence-corrected chi connectivity index (χ3v) is 4.18. The van der Waals surface area contributed by atoms with Crippen LogP contribution in [-0.4, -0.2) is 20.7 Å². The SMILES string of the molecule is CCn1nc(C)c([N+](=O)[O-])c1NC1CCCC(C)CC1. The van der Waals surface area contributed by atoms with Gasteiger partial charge in [0.15, 0.2) is 0 Å². The molecule has 1 fully saturated rings. The van der Waals surface area contributed by atoms with Crippen LogP contribution in [0.25, 0.3) is 0 Å². The van der Waals surface area contributed by atoms with E-state index in [0.29, 0.717) is 24.1 Å². The number of aryl methyl sites for hydroxylation is 2. The Morgan fingerprint density at radius 3 is 2.80 bits per heavy atom. The number of nitro groups is 1. The molecule has 0 radical (unpaired) electrons. The van der Waals surface area contributed by atoms with E-state index in [0.717, 1.165) is 18.8 Å². The summed E-state index contributed by atoms with van der Waals surface area (Å²) in [5.41, 5.74) is 0.616.